The molecule has 0 aliphatic rings. The second kappa shape index (κ2) is 14.8. The number of hydrogen-bond acceptors (Lipinski definition) is 7. The van der Waals surface area contributed by atoms with Crippen molar-refractivity contribution in [3.8, 4) is 0 Å². The third-order valence-corrected chi connectivity index (χ3v) is 16.2. The van der Waals surface area contributed by atoms with Gasteiger partial charge in [0, 0.05) is 26.6 Å². The Labute approximate surface area is 201 Å². The summed E-state index contributed by atoms with van der Waals surface area (Å²) in [7, 11) is -4.09. The Hall–Kier alpha value is -1.39. The summed E-state index contributed by atoms with van der Waals surface area (Å²) in [4.78, 5) is 45.6. The van der Waals surface area contributed by atoms with E-state index in [4.69, 9.17) is 8.23 Å². The smallest absolute Gasteiger partial charge is 0.311 e. The normalized spacial score (nSPS) is 12.2. The maximum Gasteiger partial charge on any atom is 0.311 e. The minimum Gasteiger partial charge on any atom is -0.437 e. The first kappa shape index (κ1) is 31.6. The van der Waals surface area contributed by atoms with E-state index in [-0.39, 0.29) is 13.1 Å². The molecule has 0 aromatic heterocycles. The van der Waals surface area contributed by atoms with Gasteiger partial charge in [-0.25, -0.2) is 0 Å². The van der Waals surface area contributed by atoms with Crippen LogP contribution in [0.5, 0.6) is 0 Å². The van der Waals surface area contributed by atoms with Gasteiger partial charge in [-0.3, -0.25) is 19.2 Å². The molecule has 13 heteroatoms. The molecule has 0 saturated carbocycles. The maximum atomic E-state index is 11.9. The van der Waals surface area contributed by atoms with Crippen LogP contribution >= 0.6 is 0 Å². The van der Waals surface area contributed by atoms with Gasteiger partial charge in [0.15, 0.2) is 16.6 Å². The Bertz CT molecular complexity index is 674. The molecular formula is C20H44N4O6Si3. The minimum atomic E-state index is -2.27. The molecule has 0 radical (unpaired) electrons. The van der Waals surface area contributed by atoms with Crippen molar-refractivity contribution < 1.29 is 27.4 Å². The van der Waals surface area contributed by atoms with E-state index in [1.165, 1.54) is 0 Å². The zero-order chi connectivity index (χ0) is 25.7. The highest BCUT2D eigenvalue weighted by Gasteiger charge is 2.39. The quantitative estimate of drug-likeness (QED) is 0.136. The second-order valence-electron chi connectivity index (χ2n) is 9.76. The number of hydrogen-bond donors (Lipinski definition) is 4. The Morgan fingerprint density at radius 2 is 1.03 bits per heavy atom. The van der Waals surface area contributed by atoms with Crippen LogP contribution in [0.3, 0.4) is 0 Å². The number of ketones is 1. The molecule has 0 aliphatic carbocycles. The van der Waals surface area contributed by atoms with Crippen molar-refractivity contribution in [3.63, 3.8) is 0 Å². The number of rotatable bonds is 16. The zero-order valence-electron chi connectivity index (χ0n) is 21.6. The first-order valence-corrected chi connectivity index (χ1v) is 20.6. The van der Waals surface area contributed by atoms with Crippen molar-refractivity contribution in [2.45, 2.75) is 71.1 Å². The highest BCUT2D eigenvalue weighted by atomic mass is 28.5. The zero-order valence-corrected chi connectivity index (χ0v) is 24.6. The van der Waals surface area contributed by atoms with Crippen LogP contribution in [0.4, 0.5) is 0 Å². The Morgan fingerprint density at radius 1 is 0.636 bits per heavy atom. The first-order chi connectivity index (χ1) is 15.1. The van der Waals surface area contributed by atoms with Crippen LogP contribution in [-0.2, 0) is 27.4 Å². The first-order valence-electron chi connectivity index (χ1n) is 11.5. The maximum absolute atomic E-state index is 11.9. The average Bonchev–Trinajstić information content (AvgIpc) is 2.66. The average molecular weight is 521 g/mol. The van der Waals surface area contributed by atoms with Crippen LogP contribution in [0.2, 0.25) is 51.4 Å². The molecule has 0 aromatic rings. The van der Waals surface area contributed by atoms with Crippen molar-refractivity contribution in [2.24, 2.45) is 0 Å². The van der Waals surface area contributed by atoms with Crippen LogP contribution in [0.15, 0.2) is 0 Å². The van der Waals surface area contributed by atoms with Crippen LogP contribution in [0.25, 0.3) is 0 Å². The molecule has 192 valence electrons. The van der Waals surface area contributed by atoms with Crippen molar-refractivity contribution in [3.05, 3.63) is 0 Å². The summed E-state index contributed by atoms with van der Waals surface area (Å²) < 4.78 is 13.1. The van der Waals surface area contributed by atoms with Gasteiger partial charge in [0.05, 0.1) is 0 Å². The van der Waals surface area contributed by atoms with Crippen molar-refractivity contribution in [2.75, 3.05) is 33.2 Å². The third kappa shape index (κ3) is 16.0. The van der Waals surface area contributed by atoms with Gasteiger partial charge in [-0.05, 0) is 77.8 Å². The standard InChI is InChI=1S/C20H44N4O6Si3/c1-17(25)18(26)23-13-14-24-20(28)19(27)22-12-10-16-32(5,6)30-33(7,8)29-31(3,4)15-9-11-21-2/h21H,9-16H2,1-8H3,(H,22,27)(H,23,26)(H,24,28). The van der Waals surface area contributed by atoms with Crippen molar-refractivity contribution in [1.29, 1.82) is 0 Å². The molecule has 0 rings (SSSR count). The molecule has 3 amide bonds. The van der Waals surface area contributed by atoms with Crippen LogP contribution in [-0.4, -0.2) is 81.9 Å². The predicted molar refractivity (Wildman–Crippen MR) is 137 cm³/mol. The number of amides is 3. The molecule has 0 unspecified atom stereocenters. The lowest BCUT2D eigenvalue weighted by Gasteiger charge is -2.38. The highest BCUT2D eigenvalue weighted by molar-refractivity contribution is 6.87. The molecule has 0 fully saturated rings. The molecule has 33 heavy (non-hydrogen) atoms. The van der Waals surface area contributed by atoms with Gasteiger partial charge in [0.25, 0.3) is 5.91 Å². The molecule has 0 atom stereocenters. The third-order valence-electron chi connectivity index (χ3n) is 4.71. The summed E-state index contributed by atoms with van der Waals surface area (Å²) in [5.41, 5.74) is 0. The van der Waals surface area contributed by atoms with E-state index in [2.05, 4.69) is 60.5 Å². The fraction of sp³-hybridized carbons (Fsp3) is 0.800. The van der Waals surface area contributed by atoms with Crippen molar-refractivity contribution in [1.82, 2.24) is 21.3 Å². The molecule has 0 aromatic carbocycles. The molecule has 4 N–H and O–H groups in total. The topological polar surface area (TPSA) is 135 Å². The Kier molecular flexibility index (Phi) is 14.2. The van der Waals surface area contributed by atoms with Gasteiger partial charge in [0.1, 0.15) is 0 Å². The van der Waals surface area contributed by atoms with Gasteiger partial charge < -0.3 is 29.5 Å². The van der Waals surface area contributed by atoms with E-state index in [0.29, 0.717) is 13.0 Å². The molecule has 0 bridgehead atoms. The Balaban J connectivity index is 4.29. The predicted octanol–water partition coefficient (Wildman–Crippen LogP) is 1.07. The lowest BCUT2D eigenvalue weighted by molar-refractivity contribution is -0.139. The largest absolute Gasteiger partial charge is 0.437 e. The van der Waals surface area contributed by atoms with Crippen LogP contribution < -0.4 is 21.3 Å². The van der Waals surface area contributed by atoms with Gasteiger partial charge in [0.2, 0.25) is 5.78 Å². The SMILES string of the molecule is CNCCC[Si](C)(C)O[Si](C)(C)O[Si](C)(C)CCCNC(=O)C(=O)NCCNC(=O)C(C)=O. The summed E-state index contributed by atoms with van der Waals surface area (Å²) in [6.07, 6.45) is 1.81. The molecule has 0 saturated heterocycles. The summed E-state index contributed by atoms with van der Waals surface area (Å²) in [6, 6.07) is 1.93. The lowest BCUT2D eigenvalue weighted by Crippen LogP contribution is -2.52. The second-order valence-corrected chi connectivity index (χ2v) is 22.2. The summed E-state index contributed by atoms with van der Waals surface area (Å²) in [5, 5.41) is 10.5. The molecule has 10 nitrogen and oxygen atoms in total. The fourth-order valence-electron chi connectivity index (χ4n) is 3.50. The van der Waals surface area contributed by atoms with E-state index in [0.717, 1.165) is 32.0 Å². The van der Waals surface area contributed by atoms with E-state index in [1.807, 2.05) is 7.05 Å². The van der Waals surface area contributed by atoms with Gasteiger partial charge in [-0.15, -0.1) is 0 Å². The molecule has 0 spiro atoms. The van der Waals surface area contributed by atoms with Crippen LogP contribution in [0.1, 0.15) is 19.8 Å². The van der Waals surface area contributed by atoms with Gasteiger partial charge in [-0.1, -0.05) is 0 Å². The monoisotopic (exact) mass is 520 g/mol. The highest BCUT2D eigenvalue weighted by Crippen LogP contribution is 2.25. The molecule has 0 heterocycles. The van der Waals surface area contributed by atoms with Gasteiger partial charge in [-0.2, -0.15) is 0 Å². The number of carbonyl (C=O) groups is 4. The van der Waals surface area contributed by atoms with Gasteiger partial charge >= 0.3 is 20.4 Å². The van der Waals surface area contributed by atoms with Crippen molar-refractivity contribution >= 4 is 48.7 Å². The van der Waals surface area contributed by atoms with Crippen LogP contribution in [0, 0.1) is 0 Å². The summed E-state index contributed by atoms with van der Waals surface area (Å²) in [6.45, 7) is 15.7. The Morgan fingerprint density at radius 3 is 1.45 bits per heavy atom. The summed E-state index contributed by atoms with van der Waals surface area (Å²) >= 11 is 0. The number of nitrogens with one attached hydrogen (secondary N) is 4. The summed E-state index contributed by atoms with van der Waals surface area (Å²) in [5.74, 6) is -2.82. The number of carbonyl (C=O) groups excluding carboxylic acids is 4. The van der Waals surface area contributed by atoms with E-state index in [1.54, 1.807) is 0 Å². The van der Waals surface area contributed by atoms with E-state index >= 15 is 0 Å². The fourth-order valence-corrected chi connectivity index (χ4v) is 17.6. The minimum absolute atomic E-state index is 0.0629. The number of Topliss-reactive ketones (excluding diaryl/α,β-unsaturated/α-hetero) is 1. The lowest BCUT2D eigenvalue weighted by atomic mass is 10.4. The molecular weight excluding hydrogens is 477 g/mol. The van der Waals surface area contributed by atoms with E-state index in [9.17, 15) is 19.2 Å². The van der Waals surface area contributed by atoms with E-state index < -0.39 is 48.7 Å². The molecule has 0 aliphatic heterocycles.